The number of carbonyl (C=O) groups is 1. The Morgan fingerprint density at radius 2 is 2.11 bits per heavy atom. The molecule has 0 bridgehead atoms. The Bertz CT molecular complexity index is 414. The lowest BCUT2D eigenvalue weighted by molar-refractivity contribution is -0.113. The monoisotopic (exact) mass is 258 g/mol. The highest BCUT2D eigenvalue weighted by atomic mass is 16.6. The Labute approximate surface area is 116 Å². The van der Waals surface area contributed by atoms with Crippen LogP contribution in [0.4, 0.5) is 0 Å². The van der Waals surface area contributed by atoms with Gasteiger partial charge in [-0.2, -0.15) is 0 Å². The van der Waals surface area contributed by atoms with Gasteiger partial charge in [-0.05, 0) is 37.0 Å². The van der Waals surface area contributed by atoms with Gasteiger partial charge in [-0.3, -0.25) is 4.79 Å². The van der Waals surface area contributed by atoms with Crippen LogP contribution in [0.1, 0.15) is 51.9 Å². The average molecular weight is 258 g/mol. The van der Waals surface area contributed by atoms with Crippen molar-refractivity contribution in [2.75, 3.05) is 0 Å². The molecule has 0 amide bonds. The van der Waals surface area contributed by atoms with Crippen LogP contribution in [0.15, 0.2) is 12.7 Å². The van der Waals surface area contributed by atoms with Crippen LogP contribution < -0.4 is 0 Å². The van der Waals surface area contributed by atoms with Gasteiger partial charge in [-0.25, -0.2) is 0 Å². The molecule has 2 atom stereocenters. The fraction of sp³-hybridized carbons (Fsp3) is 0.588. The summed E-state index contributed by atoms with van der Waals surface area (Å²) in [6, 6.07) is 0. The van der Waals surface area contributed by atoms with Crippen molar-refractivity contribution >= 4 is 5.78 Å². The molecule has 19 heavy (non-hydrogen) atoms. The fourth-order valence-electron chi connectivity index (χ4n) is 1.81. The fourth-order valence-corrected chi connectivity index (χ4v) is 1.81. The number of ketones is 1. The third-order valence-electron chi connectivity index (χ3n) is 3.06. The molecular weight excluding hydrogens is 236 g/mol. The van der Waals surface area contributed by atoms with E-state index in [9.17, 15) is 4.79 Å². The van der Waals surface area contributed by atoms with E-state index in [-0.39, 0.29) is 11.9 Å². The van der Waals surface area contributed by atoms with Crippen molar-refractivity contribution in [3.8, 4) is 23.7 Å². The van der Waals surface area contributed by atoms with Gasteiger partial charge in [-0.1, -0.05) is 31.8 Å². The molecule has 0 aromatic heterocycles. The third kappa shape index (κ3) is 7.50. The average Bonchev–Trinajstić information content (AvgIpc) is 3.16. The van der Waals surface area contributed by atoms with Crippen LogP contribution in [0.3, 0.4) is 0 Å². The van der Waals surface area contributed by atoms with E-state index < -0.39 is 0 Å². The number of Topliss-reactive ketones (excluding diaryl/α,β-unsaturated/α-hetero) is 1. The molecule has 1 saturated heterocycles. The molecule has 1 aliphatic heterocycles. The number of allylic oxidation sites excluding steroid dienone is 1. The van der Waals surface area contributed by atoms with E-state index in [1.54, 1.807) is 6.92 Å². The Kier molecular flexibility index (Phi) is 7.71. The van der Waals surface area contributed by atoms with Crippen LogP contribution in [-0.2, 0) is 9.53 Å². The maximum absolute atomic E-state index is 10.9. The molecule has 0 aromatic carbocycles. The van der Waals surface area contributed by atoms with Crippen LogP contribution in [0.2, 0.25) is 0 Å². The largest absolute Gasteiger partial charge is 0.369 e. The molecule has 0 spiro atoms. The smallest absolute Gasteiger partial charge is 0.206 e. The van der Waals surface area contributed by atoms with Crippen LogP contribution in [0, 0.1) is 23.7 Å². The summed E-state index contributed by atoms with van der Waals surface area (Å²) in [5.41, 5.74) is 0. The van der Waals surface area contributed by atoms with Gasteiger partial charge in [0.15, 0.2) is 0 Å². The van der Waals surface area contributed by atoms with Gasteiger partial charge in [0.1, 0.15) is 0 Å². The second-order valence-corrected chi connectivity index (χ2v) is 4.67. The molecule has 102 valence electrons. The van der Waals surface area contributed by atoms with Gasteiger partial charge in [-0.15, -0.1) is 6.58 Å². The summed E-state index contributed by atoms with van der Waals surface area (Å²) in [6.07, 6.45) is 9.75. The first kappa shape index (κ1) is 15.5. The number of hydrogen-bond donors (Lipinski definition) is 0. The predicted octanol–water partition coefficient (Wildman–Crippen LogP) is 3.27. The van der Waals surface area contributed by atoms with Gasteiger partial charge in [0, 0.05) is 12.8 Å². The first-order valence-corrected chi connectivity index (χ1v) is 7.06. The van der Waals surface area contributed by atoms with E-state index in [1.165, 1.54) is 19.3 Å². The van der Waals surface area contributed by atoms with E-state index in [1.807, 2.05) is 6.08 Å². The highest BCUT2D eigenvalue weighted by Crippen LogP contribution is 2.29. The van der Waals surface area contributed by atoms with Gasteiger partial charge >= 0.3 is 0 Å². The minimum Gasteiger partial charge on any atom is -0.369 e. The molecule has 0 radical (unpaired) electrons. The van der Waals surface area contributed by atoms with Crippen LogP contribution in [-0.4, -0.2) is 18.0 Å². The molecule has 0 unspecified atom stereocenters. The minimum absolute atomic E-state index is 0.0608. The van der Waals surface area contributed by atoms with E-state index in [4.69, 9.17) is 4.74 Å². The normalized spacial score (nSPS) is 19.6. The molecule has 1 aliphatic rings. The Morgan fingerprint density at radius 1 is 1.26 bits per heavy atom. The first-order valence-electron chi connectivity index (χ1n) is 7.06. The number of epoxide rings is 1. The van der Waals surface area contributed by atoms with Crippen molar-refractivity contribution in [2.45, 2.75) is 64.1 Å². The highest BCUT2D eigenvalue weighted by molar-refractivity contribution is 5.95. The standard InChI is InChI=1S/C17H22O2/c1-3-5-6-7-10-13-16-17(19-16)14-11-8-9-12-15(18)4-2/h3,16-17H,1,4-7,10,13-14H2,2H3/t16-,17+/m0/s1. The Morgan fingerprint density at radius 3 is 2.84 bits per heavy atom. The maximum Gasteiger partial charge on any atom is 0.206 e. The first-order chi connectivity index (χ1) is 9.27. The molecule has 1 heterocycles. The van der Waals surface area contributed by atoms with Crippen LogP contribution in [0.5, 0.6) is 0 Å². The summed E-state index contributed by atoms with van der Waals surface area (Å²) in [6.45, 7) is 5.50. The lowest BCUT2D eigenvalue weighted by Crippen LogP contribution is -1.93. The molecular formula is C17H22O2. The van der Waals surface area contributed by atoms with Crippen molar-refractivity contribution in [1.29, 1.82) is 0 Å². The maximum atomic E-state index is 10.9. The number of rotatable bonds is 8. The lowest BCUT2D eigenvalue weighted by Gasteiger charge is -1.95. The number of carbonyl (C=O) groups excluding carboxylic acids is 1. The molecule has 0 aliphatic carbocycles. The van der Waals surface area contributed by atoms with Crippen LogP contribution in [0.25, 0.3) is 0 Å². The molecule has 0 N–H and O–H groups in total. The van der Waals surface area contributed by atoms with E-state index in [0.29, 0.717) is 12.5 Å². The number of hydrogen-bond acceptors (Lipinski definition) is 2. The number of unbranched alkanes of at least 4 members (excludes halogenated alkanes) is 3. The molecule has 1 fully saturated rings. The second-order valence-electron chi connectivity index (χ2n) is 4.67. The van der Waals surface area contributed by atoms with Crippen molar-refractivity contribution in [3.63, 3.8) is 0 Å². The molecule has 2 nitrogen and oxygen atoms in total. The summed E-state index contributed by atoms with van der Waals surface area (Å²) in [7, 11) is 0. The summed E-state index contributed by atoms with van der Waals surface area (Å²) >= 11 is 0. The van der Waals surface area contributed by atoms with Crippen molar-refractivity contribution in [3.05, 3.63) is 12.7 Å². The molecule has 1 rings (SSSR count). The van der Waals surface area contributed by atoms with Crippen molar-refractivity contribution in [1.82, 2.24) is 0 Å². The quantitative estimate of drug-likeness (QED) is 0.220. The predicted molar refractivity (Wildman–Crippen MR) is 77.4 cm³/mol. The zero-order chi connectivity index (χ0) is 13.9. The second kappa shape index (κ2) is 9.42. The van der Waals surface area contributed by atoms with Gasteiger partial charge in [0.05, 0.1) is 12.2 Å². The van der Waals surface area contributed by atoms with E-state index in [2.05, 4.69) is 30.3 Å². The van der Waals surface area contributed by atoms with E-state index >= 15 is 0 Å². The third-order valence-corrected chi connectivity index (χ3v) is 3.06. The number of ether oxygens (including phenoxy) is 1. The SMILES string of the molecule is C=CCCCCC[C@@H]1O[C@@H]1CC#CC#CC(=O)CC. The van der Waals surface area contributed by atoms with Crippen molar-refractivity contribution < 1.29 is 9.53 Å². The van der Waals surface area contributed by atoms with E-state index in [0.717, 1.165) is 19.3 Å². The summed E-state index contributed by atoms with van der Waals surface area (Å²) in [4.78, 5) is 10.9. The van der Waals surface area contributed by atoms with Gasteiger partial charge in [0.25, 0.3) is 0 Å². The summed E-state index contributed by atoms with van der Waals surface area (Å²) in [5, 5.41) is 0. The van der Waals surface area contributed by atoms with Gasteiger partial charge in [0.2, 0.25) is 5.78 Å². The Hall–Kier alpha value is -1.51. The van der Waals surface area contributed by atoms with Gasteiger partial charge < -0.3 is 4.74 Å². The molecule has 0 saturated carbocycles. The summed E-state index contributed by atoms with van der Waals surface area (Å²) in [5.74, 6) is 10.7. The zero-order valence-electron chi connectivity index (χ0n) is 11.7. The minimum atomic E-state index is -0.0608. The van der Waals surface area contributed by atoms with Crippen LogP contribution >= 0.6 is 0 Å². The van der Waals surface area contributed by atoms with Crippen molar-refractivity contribution in [2.24, 2.45) is 0 Å². The summed E-state index contributed by atoms with van der Waals surface area (Å²) < 4.78 is 5.53. The topological polar surface area (TPSA) is 29.6 Å². The molecule has 2 heteroatoms. The molecule has 0 aromatic rings. The Balaban J connectivity index is 2.04. The highest BCUT2D eigenvalue weighted by Gasteiger charge is 2.36. The zero-order valence-corrected chi connectivity index (χ0v) is 11.7. The lowest BCUT2D eigenvalue weighted by atomic mass is 10.1.